The van der Waals surface area contributed by atoms with Crippen molar-refractivity contribution in [2.45, 2.75) is 13.3 Å². The number of benzene rings is 1. The fraction of sp³-hybridized carbons (Fsp3) is 0.176. The number of anilines is 3. The number of methoxy groups -OCH3 is 1. The van der Waals surface area contributed by atoms with Crippen molar-refractivity contribution in [2.24, 2.45) is 0 Å². The molecule has 7 nitrogen and oxygen atoms in total. The third-order valence-electron chi connectivity index (χ3n) is 3.31. The van der Waals surface area contributed by atoms with E-state index in [9.17, 15) is 4.79 Å². The van der Waals surface area contributed by atoms with E-state index in [1.807, 2.05) is 30.5 Å². The van der Waals surface area contributed by atoms with Gasteiger partial charge in [0.05, 0.1) is 24.9 Å². The third-order valence-corrected chi connectivity index (χ3v) is 4.11. The molecule has 8 heteroatoms. The van der Waals surface area contributed by atoms with Crippen molar-refractivity contribution in [1.29, 1.82) is 0 Å². The van der Waals surface area contributed by atoms with Crippen LogP contribution in [0, 0.1) is 6.92 Å². The summed E-state index contributed by atoms with van der Waals surface area (Å²) in [5.74, 6) is 0.940. The number of thiazole rings is 1. The first-order valence-electron chi connectivity index (χ1n) is 7.57. The highest BCUT2D eigenvalue weighted by atomic mass is 32.1. The zero-order chi connectivity index (χ0) is 17.6. The lowest BCUT2D eigenvalue weighted by atomic mass is 10.2. The van der Waals surface area contributed by atoms with Gasteiger partial charge in [-0.15, -0.1) is 11.3 Å². The Morgan fingerprint density at radius 3 is 2.84 bits per heavy atom. The molecule has 3 rings (SSSR count). The number of aryl methyl sites for hydroxylation is 1. The van der Waals surface area contributed by atoms with Gasteiger partial charge in [0, 0.05) is 17.8 Å². The molecule has 0 aliphatic carbocycles. The van der Waals surface area contributed by atoms with E-state index in [2.05, 4.69) is 25.6 Å². The first-order chi connectivity index (χ1) is 12.1. The molecule has 0 aliphatic rings. The second-order valence-electron chi connectivity index (χ2n) is 5.27. The number of rotatable bonds is 6. The molecule has 0 bridgehead atoms. The molecule has 1 amide bonds. The molecule has 2 heterocycles. The molecular formula is C17H17N5O2S. The van der Waals surface area contributed by atoms with Crippen LogP contribution in [0.5, 0.6) is 5.75 Å². The molecule has 0 fully saturated rings. The second kappa shape index (κ2) is 7.71. The molecule has 2 aromatic heterocycles. The minimum Gasteiger partial charge on any atom is -0.495 e. The summed E-state index contributed by atoms with van der Waals surface area (Å²) in [6.07, 6.45) is 3.46. The molecule has 0 unspecified atom stereocenters. The van der Waals surface area contributed by atoms with Crippen molar-refractivity contribution in [1.82, 2.24) is 15.0 Å². The van der Waals surface area contributed by atoms with Crippen molar-refractivity contribution in [2.75, 3.05) is 17.7 Å². The number of carbonyl (C=O) groups is 1. The zero-order valence-electron chi connectivity index (χ0n) is 13.8. The Morgan fingerprint density at radius 2 is 2.08 bits per heavy atom. The van der Waals surface area contributed by atoms with E-state index in [1.165, 1.54) is 11.3 Å². The Morgan fingerprint density at radius 1 is 1.28 bits per heavy atom. The number of hydrogen-bond acceptors (Lipinski definition) is 7. The van der Waals surface area contributed by atoms with Gasteiger partial charge in [-0.1, -0.05) is 6.07 Å². The predicted molar refractivity (Wildman–Crippen MR) is 97.5 cm³/mol. The summed E-state index contributed by atoms with van der Waals surface area (Å²) in [6.45, 7) is 1.96. The topological polar surface area (TPSA) is 89.0 Å². The van der Waals surface area contributed by atoms with Crippen LogP contribution in [-0.2, 0) is 11.2 Å². The summed E-state index contributed by atoms with van der Waals surface area (Å²) in [6, 6.07) is 7.37. The van der Waals surface area contributed by atoms with Crippen molar-refractivity contribution >= 4 is 34.0 Å². The van der Waals surface area contributed by atoms with Crippen LogP contribution in [0.3, 0.4) is 0 Å². The quantitative estimate of drug-likeness (QED) is 0.706. The number of nitrogens with one attached hydrogen (secondary N) is 2. The summed E-state index contributed by atoms with van der Waals surface area (Å²) >= 11 is 1.40. The molecule has 128 valence electrons. The van der Waals surface area contributed by atoms with Crippen LogP contribution < -0.4 is 15.4 Å². The number of nitrogens with zero attached hydrogens (tertiary/aromatic N) is 3. The smallest absolute Gasteiger partial charge is 0.230 e. The van der Waals surface area contributed by atoms with Crippen LogP contribution in [0.1, 0.15) is 11.3 Å². The molecule has 3 aromatic rings. The van der Waals surface area contributed by atoms with Gasteiger partial charge in [-0.3, -0.25) is 4.79 Å². The summed E-state index contributed by atoms with van der Waals surface area (Å²) in [4.78, 5) is 24.8. The number of amides is 1. The Bertz CT molecular complexity index is 866. The highest BCUT2D eigenvalue weighted by Crippen LogP contribution is 2.25. The van der Waals surface area contributed by atoms with Crippen molar-refractivity contribution < 1.29 is 9.53 Å². The van der Waals surface area contributed by atoms with Gasteiger partial charge >= 0.3 is 0 Å². The highest BCUT2D eigenvalue weighted by Gasteiger charge is 2.11. The Labute approximate surface area is 149 Å². The van der Waals surface area contributed by atoms with Gasteiger partial charge in [0.15, 0.2) is 5.13 Å². The van der Waals surface area contributed by atoms with Gasteiger partial charge in [0.2, 0.25) is 11.9 Å². The first-order valence-corrected chi connectivity index (χ1v) is 8.45. The zero-order valence-corrected chi connectivity index (χ0v) is 14.6. The van der Waals surface area contributed by atoms with Crippen molar-refractivity contribution in [3.63, 3.8) is 0 Å². The van der Waals surface area contributed by atoms with Crippen LogP contribution in [0.25, 0.3) is 0 Å². The van der Waals surface area contributed by atoms with E-state index in [4.69, 9.17) is 4.74 Å². The lowest BCUT2D eigenvalue weighted by Gasteiger charge is -2.10. The van der Waals surface area contributed by atoms with Gasteiger partial charge < -0.3 is 15.4 Å². The first kappa shape index (κ1) is 16.8. The standard InChI is InChI=1S/C17H17N5O2S/c1-11-4-5-14(24-2)13(8-11)21-15(23)9-12-10-25-17(20-12)22-16-18-6-3-7-19-16/h3-8,10H,9H2,1-2H3,(H,21,23)(H,18,19,20,22). The molecule has 0 saturated carbocycles. The largest absolute Gasteiger partial charge is 0.495 e. The third kappa shape index (κ3) is 4.51. The molecule has 0 aliphatic heterocycles. The maximum absolute atomic E-state index is 12.3. The summed E-state index contributed by atoms with van der Waals surface area (Å²) < 4.78 is 5.27. The van der Waals surface area contributed by atoms with Gasteiger partial charge in [0.1, 0.15) is 5.75 Å². The van der Waals surface area contributed by atoms with Crippen LogP contribution in [0.2, 0.25) is 0 Å². The van der Waals surface area contributed by atoms with E-state index < -0.39 is 0 Å². The maximum Gasteiger partial charge on any atom is 0.230 e. The van der Waals surface area contributed by atoms with Gasteiger partial charge in [-0.05, 0) is 30.7 Å². The van der Waals surface area contributed by atoms with Crippen LogP contribution in [-0.4, -0.2) is 28.0 Å². The molecule has 0 saturated heterocycles. The van der Waals surface area contributed by atoms with Gasteiger partial charge in [-0.25, -0.2) is 15.0 Å². The lowest BCUT2D eigenvalue weighted by molar-refractivity contribution is -0.115. The molecule has 1 aromatic carbocycles. The normalized spacial score (nSPS) is 10.3. The average molecular weight is 355 g/mol. The predicted octanol–water partition coefficient (Wildman–Crippen LogP) is 3.17. The molecule has 0 atom stereocenters. The Hall–Kier alpha value is -3.00. The van der Waals surface area contributed by atoms with E-state index in [0.29, 0.717) is 28.2 Å². The minimum absolute atomic E-state index is 0.156. The molecule has 25 heavy (non-hydrogen) atoms. The minimum atomic E-state index is -0.156. The van der Waals surface area contributed by atoms with Crippen LogP contribution >= 0.6 is 11.3 Å². The van der Waals surface area contributed by atoms with Crippen molar-refractivity contribution in [3.05, 3.63) is 53.3 Å². The Kier molecular flexibility index (Phi) is 5.20. The monoisotopic (exact) mass is 355 g/mol. The van der Waals surface area contributed by atoms with E-state index in [1.54, 1.807) is 25.6 Å². The number of hydrogen-bond donors (Lipinski definition) is 2. The van der Waals surface area contributed by atoms with Crippen molar-refractivity contribution in [3.8, 4) is 5.75 Å². The van der Waals surface area contributed by atoms with E-state index >= 15 is 0 Å². The van der Waals surface area contributed by atoms with Crippen LogP contribution in [0.4, 0.5) is 16.8 Å². The summed E-state index contributed by atoms with van der Waals surface area (Å²) in [5.41, 5.74) is 2.37. The number of ether oxygens (including phenoxy) is 1. The maximum atomic E-state index is 12.3. The fourth-order valence-electron chi connectivity index (χ4n) is 2.18. The molecular weight excluding hydrogens is 338 g/mol. The number of aromatic nitrogens is 3. The lowest BCUT2D eigenvalue weighted by Crippen LogP contribution is -2.15. The van der Waals surface area contributed by atoms with E-state index in [-0.39, 0.29) is 12.3 Å². The fourth-order valence-corrected chi connectivity index (χ4v) is 2.89. The molecule has 0 spiro atoms. The second-order valence-corrected chi connectivity index (χ2v) is 6.13. The summed E-state index contributed by atoms with van der Waals surface area (Å²) in [5, 5.41) is 8.34. The molecule has 2 N–H and O–H groups in total. The number of carbonyl (C=O) groups excluding carboxylic acids is 1. The van der Waals surface area contributed by atoms with E-state index in [0.717, 1.165) is 5.56 Å². The van der Waals surface area contributed by atoms with Crippen LogP contribution in [0.15, 0.2) is 42.0 Å². The molecule has 0 radical (unpaired) electrons. The van der Waals surface area contributed by atoms with Gasteiger partial charge in [0.25, 0.3) is 0 Å². The average Bonchev–Trinajstić information content (AvgIpc) is 3.02. The Balaban J connectivity index is 1.63. The summed E-state index contributed by atoms with van der Waals surface area (Å²) in [7, 11) is 1.57. The highest BCUT2D eigenvalue weighted by molar-refractivity contribution is 7.13. The van der Waals surface area contributed by atoms with Gasteiger partial charge in [-0.2, -0.15) is 0 Å². The SMILES string of the molecule is COc1ccc(C)cc1NC(=O)Cc1csc(Nc2ncccn2)n1.